The summed E-state index contributed by atoms with van der Waals surface area (Å²) >= 11 is 0. The van der Waals surface area contributed by atoms with Gasteiger partial charge in [-0.05, 0) is 74.7 Å². The van der Waals surface area contributed by atoms with Gasteiger partial charge in [-0.3, -0.25) is 9.78 Å². The normalized spacial score (nSPS) is 14.8. The first kappa shape index (κ1) is 24.8. The van der Waals surface area contributed by atoms with E-state index in [4.69, 9.17) is 10.00 Å². The molecule has 4 rings (SSSR count). The van der Waals surface area contributed by atoms with Crippen LogP contribution in [-0.2, 0) is 4.79 Å². The fraction of sp³-hybridized carbons (Fsp3) is 0.259. The van der Waals surface area contributed by atoms with Crippen LogP contribution in [0.1, 0.15) is 31.4 Å². The van der Waals surface area contributed by atoms with Crippen molar-refractivity contribution in [2.24, 2.45) is 0 Å². The summed E-state index contributed by atoms with van der Waals surface area (Å²) in [4.78, 5) is 32.6. The van der Waals surface area contributed by atoms with Crippen LogP contribution in [0.3, 0.4) is 0 Å². The molecule has 0 radical (unpaired) electrons. The van der Waals surface area contributed by atoms with Crippen LogP contribution in [0.2, 0.25) is 0 Å². The molecule has 0 atom stereocenters. The number of rotatable bonds is 7. The molecule has 7 nitrogen and oxygen atoms in total. The second-order valence-corrected chi connectivity index (χ2v) is 8.90. The Morgan fingerprint density at radius 2 is 1.78 bits per heavy atom. The van der Waals surface area contributed by atoms with E-state index in [0.717, 1.165) is 10.5 Å². The molecule has 1 fully saturated rings. The number of hydrogen-bond acceptors (Lipinski definition) is 5. The summed E-state index contributed by atoms with van der Waals surface area (Å²) < 4.78 is 34.6. The maximum atomic E-state index is 14.6. The van der Waals surface area contributed by atoms with Crippen LogP contribution >= 0.6 is 0 Å². The lowest BCUT2D eigenvalue weighted by atomic mass is 10.0. The minimum Gasteiger partial charge on any atom is -0.490 e. The quantitative estimate of drug-likeness (QED) is 0.335. The molecule has 0 N–H and O–H groups in total. The molecule has 184 valence electrons. The summed E-state index contributed by atoms with van der Waals surface area (Å²) in [6.45, 7) is 4.93. The average molecular weight is 491 g/mol. The van der Waals surface area contributed by atoms with Gasteiger partial charge in [-0.15, -0.1) is 0 Å². The van der Waals surface area contributed by atoms with Gasteiger partial charge in [-0.25, -0.2) is 18.5 Å². The second kappa shape index (κ2) is 9.74. The van der Waals surface area contributed by atoms with Crippen LogP contribution in [0.4, 0.5) is 19.3 Å². The van der Waals surface area contributed by atoms with E-state index in [-0.39, 0.29) is 35.7 Å². The van der Waals surface area contributed by atoms with Gasteiger partial charge >= 0.3 is 6.03 Å². The number of carbonyl (C=O) groups excluding carboxylic acids is 2. The summed E-state index contributed by atoms with van der Waals surface area (Å²) in [6.07, 6.45) is 3.59. The van der Waals surface area contributed by atoms with Crippen LogP contribution in [0.5, 0.6) is 5.75 Å². The fourth-order valence-electron chi connectivity index (χ4n) is 4.17. The lowest BCUT2D eigenvalue weighted by molar-refractivity contribution is -0.123. The minimum atomic E-state index is -1.18. The number of nitriles is 1. The highest BCUT2D eigenvalue weighted by Crippen LogP contribution is 2.35. The largest absolute Gasteiger partial charge is 0.490 e. The molecule has 2 aromatic carbocycles. The predicted molar refractivity (Wildman–Crippen MR) is 129 cm³/mol. The Morgan fingerprint density at radius 3 is 2.44 bits per heavy atom. The first-order valence-electron chi connectivity index (χ1n) is 11.3. The molecule has 3 aromatic rings. The van der Waals surface area contributed by atoms with Gasteiger partial charge in [-0.2, -0.15) is 5.26 Å². The number of anilines is 1. The number of urea groups is 1. The highest BCUT2D eigenvalue weighted by Gasteiger charge is 2.52. The van der Waals surface area contributed by atoms with Crippen molar-refractivity contribution in [1.29, 1.82) is 5.26 Å². The lowest BCUT2D eigenvalue weighted by Gasteiger charge is -2.27. The third-order valence-electron chi connectivity index (χ3n) is 6.27. The van der Waals surface area contributed by atoms with E-state index in [9.17, 15) is 18.4 Å². The van der Waals surface area contributed by atoms with Crippen LogP contribution < -0.4 is 9.64 Å². The van der Waals surface area contributed by atoms with Crippen LogP contribution in [-0.4, -0.2) is 40.5 Å². The first-order chi connectivity index (χ1) is 17.2. The summed E-state index contributed by atoms with van der Waals surface area (Å²) in [5.74, 6) is -1.70. The number of ether oxygens (including phenoxy) is 1. The zero-order chi connectivity index (χ0) is 26.0. The number of nitrogens with zero attached hydrogens (tertiary/aromatic N) is 4. The van der Waals surface area contributed by atoms with Crippen molar-refractivity contribution in [3.8, 4) is 22.9 Å². The molecule has 9 heteroatoms. The van der Waals surface area contributed by atoms with Crippen molar-refractivity contribution >= 4 is 17.6 Å². The molecule has 1 aliphatic rings. The van der Waals surface area contributed by atoms with Gasteiger partial charge in [0.15, 0.2) is 11.6 Å². The van der Waals surface area contributed by atoms with E-state index in [1.54, 1.807) is 56.6 Å². The van der Waals surface area contributed by atoms with E-state index < -0.39 is 29.1 Å². The van der Waals surface area contributed by atoms with E-state index in [0.29, 0.717) is 12.0 Å². The SMILES string of the molecule is Cc1c(N2C(=O)N(CCCOc3ccc(-c4ccncc4)cc3F)C(C)(C)C2=O)ccc(C#N)c1F. The van der Waals surface area contributed by atoms with Crippen LogP contribution in [0.25, 0.3) is 11.1 Å². The van der Waals surface area contributed by atoms with Crippen molar-refractivity contribution in [2.45, 2.75) is 32.7 Å². The van der Waals surface area contributed by atoms with Crippen molar-refractivity contribution in [2.75, 3.05) is 18.1 Å². The Balaban J connectivity index is 1.42. The number of aromatic nitrogens is 1. The van der Waals surface area contributed by atoms with Crippen molar-refractivity contribution in [1.82, 2.24) is 9.88 Å². The van der Waals surface area contributed by atoms with Crippen molar-refractivity contribution < 1.29 is 23.1 Å². The standard InChI is InChI=1S/C27H24F2N4O3/c1-17-22(7-5-20(16-30)24(17)29)33-25(34)27(2,3)32(26(33)35)13-4-14-36-23-8-6-19(15-21(23)28)18-9-11-31-12-10-18/h5-12,15H,4,13-14H2,1-3H3. The molecule has 1 aromatic heterocycles. The van der Waals surface area contributed by atoms with Crippen molar-refractivity contribution in [3.05, 3.63) is 77.6 Å². The Bertz CT molecular complexity index is 1370. The molecule has 0 unspecified atom stereocenters. The maximum Gasteiger partial charge on any atom is 0.332 e. The third-order valence-corrected chi connectivity index (χ3v) is 6.27. The van der Waals surface area contributed by atoms with E-state index in [1.165, 1.54) is 30.0 Å². The summed E-state index contributed by atoms with van der Waals surface area (Å²) in [5, 5.41) is 9.03. The van der Waals surface area contributed by atoms with Gasteiger partial charge in [0.25, 0.3) is 5.91 Å². The van der Waals surface area contributed by atoms with Gasteiger partial charge in [-0.1, -0.05) is 6.07 Å². The average Bonchev–Trinajstić information content (AvgIpc) is 3.03. The Kier molecular flexibility index (Phi) is 6.71. The van der Waals surface area contributed by atoms with Gasteiger partial charge in [0.05, 0.1) is 17.9 Å². The molecule has 3 amide bonds. The molecular formula is C27H24F2N4O3. The molecule has 0 aliphatic carbocycles. The van der Waals surface area contributed by atoms with Crippen LogP contribution in [0.15, 0.2) is 54.9 Å². The fourth-order valence-corrected chi connectivity index (χ4v) is 4.17. The van der Waals surface area contributed by atoms with Gasteiger partial charge in [0.1, 0.15) is 17.4 Å². The zero-order valence-electron chi connectivity index (χ0n) is 20.1. The Hall–Kier alpha value is -4.32. The lowest BCUT2D eigenvalue weighted by Crippen LogP contribution is -2.44. The number of benzene rings is 2. The minimum absolute atomic E-state index is 0.0439. The summed E-state index contributed by atoms with van der Waals surface area (Å²) in [7, 11) is 0. The highest BCUT2D eigenvalue weighted by atomic mass is 19.1. The number of imide groups is 1. The number of carbonyl (C=O) groups is 2. The molecule has 2 heterocycles. The number of halogens is 2. The molecule has 0 bridgehead atoms. The smallest absolute Gasteiger partial charge is 0.332 e. The molecule has 0 saturated carbocycles. The number of amides is 3. The first-order valence-corrected chi connectivity index (χ1v) is 11.3. The van der Waals surface area contributed by atoms with Gasteiger partial charge < -0.3 is 9.64 Å². The van der Waals surface area contributed by atoms with Crippen LogP contribution in [0, 0.1) is 29.9 Å². The predicted octanol–water partition coefficient (Wildman–Crippen LogP) is 5.22. The van der Waals surface area contributed by atoms with E-state index >= 15 is 0 Å². The third kappa shape index (κ3) is 4.38. The molecule has 36 heavy (non-hydrogen) atoms. The molecule has 1 aliphatic heterocycles. The van der Waals surface area contributed by atoms with Gasteiger partial charge in [0.2, 0.25) is 0 Å². The van der Waals surface area contributed by atoms with E-state index in [1.807, 2.05) is 0 Å². The molecule has 1 saturated heterocycles. The molecular weight excluding hydrogens is 466 g/mol. The monoisotopic (exact) mass is 490 g/mol. The Morgan fingerprint density at radius 1 is 1.06 bits per heavy atom. The molecule has 0 spiro atoms. The Labute approximate surface area is 207 Å². The summed E-state index contributed by atoms with van der Waals surface area (Å²) in [6, 6.07) is 12.0. The number of pyridine rings is 1. The van der Waals surface area contributed by atoms with Gasteiger partial charge in [0, 0.05) is 24.5 Å². The van der Waals surface area contributed by atoms with E-state index in [2.05, 4.69) is 4.98 Å². The topological polar surface area (TPSA) is 86.5 Å². The highest BCUT2D eigenvalue weighted by molar-refractivity contribution is 6.23. The maximum absolute atomic E-state index is 14.6. The zero-order valence-corrected chi connectivity index (χ0v) is 20.1. The number of hydrogen-bond donors (Lipinski definition) is 0. The van der Waals surface area contributed by atoms with Crippen molar-refractivity contribution in [3.63, 3.8) is 0 Å². The second-order valence-electron chi connectivity index (χ2n) is 8.90. The summed E-state index contributed by atoms with van der Waals surface area (Å²) in [5.41, 5.74) is 0.333.